The highest BCUT2D eigenvalue weighted by atomic mass is 79.9. The third kappa shape index (κ3) is 3.76. The van der Waals surface area contributed by atoms with E-state index in [2.05, 4.69) is 57.5 Å². The molecule has 0 fully saturated rings. The SMILES string of the molecule is [C-]#[N+]c1ccc(COc2ccc(-c3cn4cc(Br)c(C)c(C)c4n3)cc2C)cc1. The van der Waals surface area contributed by atoms with Gasteiger partial charge in [0, 0.05) is 22.4 Å². The summed E-state index contributed by atoms with van der Waals surface area (Å²) >= 11 is 3.62. The van der Waals surface area contributed by atoms with Crippen molar-refractivity contribution in [3.05, 3.63) is 93.0 Å². The van der Waals surface area contributed by atoms with Crippen LogP contribution in [0.25, 0.3) is 21.7 Å². The van der Waals surface area contributed by atoms with Gasteiger partial charge in [-0.15, -0.1) is 0 Å². The summed E-state index contributed by atoms with van der Waals surface area (Å²) in [6.45, 7) is 13.7. The number of halogens is 1. The van der Waals surface area contributed by atoms with Crippen molar-refractivity contribution in [2.45, 2.75) is 27.4 Å². The van der Waals surface area contributed by atoms with E-state index in [1.54, 1.807) is 0 Å². The molecule has 2 aromatic carbocycles. The molecule has 0 saturated carbocycles. The van der Waals surface area contributed by atoms with Gasteiger partial charge in [-0.05, 0) is 77.2 Å². The van der Waals surface area contributed by atoms with Crippen molar-refractivity contribution in [1.82, 2.24) is 9.38 Å². The summed E-state index contributed by atoms with van der Waals surface area (Å²) < 4.78 is 9.13. The highest BCUT2D eigenvalue weighted by Gasteiger charge is 2.11. The molecule has 0 unspecified atom stereocenters. The second-order valence-corrected chi connectivity index (χ2v) is 7.99. The molecule has 4 aromatic rings. The molecule has 0 aliphatic heterocycles. The molecule has 0 saturated heterocycles. The van der Waals surface area contributed by atoms with Gasteiger partial charge in [0.15, 0.2) is 5.69 Å². The lowest BCUT2D eigenvalue weighted by molar-refractivity contribution is 0.304. The van der Waals surface area contributed by atoms with Crippen LogP contribution in [-0.2, 0) is 6.61 Å². The number of hydrogen-bond donors (Lipinski definition) is 0. The molecule has 0 N–H and O–H groups in total. The van der Waals surface area contributed by atoms with E-state index in [-0.39, 0.29) is 0 Å². The molecular weight excluding hydrogens is 426 g/mol. The Labute approximate surface area is 178 Å². The lowest BCUT2D eigenvalue weighted by Crippen LogP contribution is -1.97. The van der Waals surface area contributed by atoms with E-state index in [0.717, 1.165) is 38.3 Å². The van der Waals surface area contributed by atoms with Gasteiger partial charge in [-0.1, -0.05) is 24.3 Å². The molecular formula is C24H20BrN3O. The number of rotatable bonds is 4. The van der Waals surface area contributed by atoms with E-state index in [1.807, 2.05) is 43.3 Å². The fraction of sp³-hybridized carbons (Fsp3) is 0.167. The van der Waals surface area contributed by atoms with Crippen molar-refractivity contribution in [3.8, 4) is 17.0 Å². The number of aryl methyl sites for hydroxylation is 2. The van der Waals surface area contributed by atoms with Crippen LogP contribution in [0.15, 0.2) is 59.3 Å². The third-order valence-corrected chi connectivity index (χ3v) is 5.97. The standard InChI is InChI=1S/C24H20BrN3O/c1-15-11-19(22-13-28-12-21(25)16(2)17(3)24(28)27-22)7-10-23(15)29-14-18-5-8-20(26-4)9-6-18/h5-13H,14H2,1-3H3. The highest BCUT2D eigenvalue weighted by molar-refractivity contribution is 9.10. The van der Waals surface area contributed by atoms with Crippen molar-refractivity contribution in [3.63, 3.8) is 0 Å². The van der Waals surface area contributed by atoms with Gasteiger partial charge in [-0.25, -0.2) is 9.83 Å². The number of aromatic nitrogens is 2. The Kier molecular flexibility index (Phi) is 5.12. The number of pyridine rings is 1. The first-order chi connectivity index (χ1) is 14.0. The number of ether oxygens (including phenoxy) is 1. The summed E-state index contributed by atoms with van der Waals surface area (Å²) in [5, 5.41) is 0. The van der Waals surface area contributed by atoms with Crippen LogP contribution in [0.1, 0.15) is 22.3 Å². The van der Waals surface area contributed by atoms with E-state index in [4.69, 9.17) is 16.3 Å². The van der Waals surface area contributed by atoms with Gasteiger partial charge in [-0.2, -0.15) is 0 Å². The molecule has 0 aliphatic rings. The molecule has 0 aliphatic carbocycles. The van der Waals surface area contributed by atoms with Crippen molar-refractivity contribution in [2.24, 2.45) is 0 Å². The van der Waals surface area contributed by atoms with Crippen LogP contribution >= 0.6 is 15.9 Å². The smallest absolute Gasteiger partial charge is 0.187 e. The zero-order valence-electron chi connectivity index (χ0n) is 16.5. The van der Waals surface area contributed by atoms with Crippen LogP contribution in [0.3, 0.4) is 0 Å². The molecule has 5 heteroatoms. The maximum atomic E-state index is 7.02. The lowest BCUT2D eigenvalue weighted by atomic mass is 10.1. The van der Waals surface area contributed by atoms with Crippen LogP contribution in [0.5, 0.6) is 5.75 Å². The van der Waals surface area contributed by atoms with E-state index in [9.17, 15) is 0 Å². The van der Waals surface area contributed by atoms with Crippen molar-refractivity contribution >= 4 is 27.3 Å². The Bertz CT molecular complexity index is 1250. The zero-order valence-corrected chi connectivity index (χ0v) is 18.1. The number of benzene rings is 2. The summed E-state index contributed by atoms with van der Waals surface area (Å²) in [5.74, 6) is 0.849. The van der Waals surface area contributed by atoms with Crippen LogP contribution in [0.2, 0.25) is 0 Å². The summed E-state index contributed by atoms with van der Waals surface area (Å²) in [7, 11) is 0. The van der Waals surface area contributed by atoms with E-state index in [0.29, 0.717) is 12.3 Å². The molecule has 0 spiro atoms. The van der Waals surface area contributed by atoms with Gasteiger partial charge in [0.25, 0.3) is 0 Å². The topological polar surface area (TPSA) is 30.9 Å². The van der Waals surface area contributed by atoms with E-state index < -0.39 is 0 Å². The zero-order chi connectivity index (χ0) is 20.5. The van der Waals surface area contributed by atoms with Crippen molar-refractivity contribution in [2.75, 3.05) is 0 Å². The molecule has 0 atom stereocenters. The summed E-state index contributed by atoms with van der Waals surface area (Å²) in [4.78, 5) is 8.25. The molecule has 2 aromatic heterocycles. The number of fused-ring (bicyclic) bond motifs is 1. The summed E-state index contributed by atoms with van der Waals surface area (Å²) in [6.07, 6.45) is 4.11. The Balaban J connectivity index is 1.57. The number of hydrogen-bond acceptors (Lipinski definition) is 2. The second kappa shape index (κ2) is 7.73. The average Bonchev–Trinajstić information content (AvgIpc) is 3.15. The maximum Gasteiger partial charge on any atom is 0.187 e. The Morgan fingerprint density at radius 1 is 1.03 bits per heavy atom. The fourth-order valence-corrected chi connectivity index (χ4v) is 3.79. The Hall–Kier alpha value is -3.10. The minimum absolute atomic E-state index is 0.472. The van der Waals surface area contributed by atoms with Gasteiger partial charge in [-0.3, -0.25) is 0 Å². The second-order valence-electron chi connectivity index (χ2n) is 7.13. The Morgan fingerprint density at radius 3 is 2.48 bits per heavy atom. The predicted octanol–water partition coefficient (Wildman–Crippen LogP) is 6.82. The maximum absolute atomic E-state index is 7.02. The molecule has 29 heavy (non-hydrogen) atoms. The first kappa shape index (κ1) is 19.2. The number of imidazole rings is 1. The Morgan fingerprint density at radius 2 is 1.79 bits per heavy atom. The third-order valence-electron chi connectivity index (χ3n) is 5.17. The molecule has 0 radical (unpaired) electrons. The minimum atomic E-state index is 0.472. The van der Waals surface area contributed by atoms with Gasteiger partial charge in [0.05, 0.1) is 12.3 Å². The quantitative estimate of drug-likeness (QED) is 0.322. The van der Waals surface area contributed by atoms with Gasteiger partial charge >= 0.3 is 0 Å². The van der Waals surface area contributed by atoms with E-state index >= 15 is 0 Å². The molecule has 144 valence electrons. The molecule has 4 nitrogen and oxygen atoms in total. The first-order valence-electron chi connectivity index (χ1n) is 9.31. The molecule has 4 rings (SSSR count). The molecule has 0 amide bonds. The van der Waals surface area contributed by atoms with Crippen LogP contribution < -0.4 is 4.74 Å². The van der Waals surface area contributed by atoms with Gasteiger partial charge in [0.2, 0.25) is 0 Å². The first-order valence-corrected chi connectivity index (χ1v) is 10.1. The summed E-state index contributed by atoms with van der Waals surface area (Å²) in [5.41, 5.74) is 8.10. The largest absolute Gasteiger partial charge is 0.489 e. The van der Waals surface area contributed by atoms with Gasteiger partial charge < -0.3 is 9.14 Å². The van der Waals surface area contributed by atoms with Crippen LogP contribution in [-0.4, -0.2) is 9.38 Å². The van der Waals surface area contributed by atoms with Crippen molar-refractivity contribution < 1.29 is 4.74 Å². The van der Waals surface area contributed by atoms with Crippen molar-refractivity contribution in [1.29, 1.82) is 0 Å². The minimum Gasteiger partial charge on any atom is -0.489 e. The average molecular weight is 446 g/mol. The number of nitrogens with zero attached hydrogens (tertiary/aromatic N) is 3. The van der Waals surface area contributed by atoms with Gasteiger partial charge in [0.1, 0.15) is 18.0 Å². The van der Waals surface area contributed by atoms with Crippen LogP contribution in [0.4, 0.5) is 5.69 Å². The monoisotopic (exact) mass is 445 g/mol. The van der Waals surface area contributed by atoms with E-state index in [1.165, 1.54) is 11.1 Å². The normalized spacial score (nSPS) is 10.9. The highest BCUT2D eigenvalue weighted by Crippen LogP contribution is 2.29. The predicted molar refractivity (Wildman–Crippen MR) is 120 cm³/mol. The molecule has 0 bridgehead atoms. The van der Waals surface area contributed by atoms with Crippen LogP contribution in [0, 0.1) is 27.3 Å². The lowest BCUT2D eigenvalue weighted by Gasteiger charge is -2.10. The molecule has 2 heterocycles. The fourth-order valence-electron chi connectivity index (χ4n) is 3.27. The summed E-state index contributed by atoms with van der Waals surface area (Å²) in [6, 6.07) is 13.6.